The van der Waals surface area contributed by atoms with Crippen molar-refractivity contribution in [2.24, 2.45) is 5.73 Å². The maximum absolute atomic E-state index is 5.47. The highest BCUT2D eigenvalue weighted by Gasteiger charge is 2.04. The number of hydrogen-bond acceptors (Lipinski definition) is 3. The molecule has 4 nitrogen and oxygen atoms in total. The molecular weight excluding hydrogens is 152 g/mol. The van der Waals surface area contributed by atoms with Gasteiger partial charge in [-0.1, -0.05) is 0 Å². The summed E-state index contributed by atoms with van der Waals surface area (Å²) in [5, 5.41) is 0. The lowest BCUT2D eigenvalue weighted by Crippen LogP contribution is -2.29. The Kier molecular flexibility index (Phi) is 3.10. The second-order valence-electron chi connectivity index (χ2n) is 2.76. The first-order valence-electron chi connectivity index (χ1n) is 4.24. The highest BCUT2D eigenvalue weighted by Crippen LogP contribution is 2.06. The molecule has 0 aliphatic heterocycles. The number of aryl methyl sites for hydroxylation is 1. The first kappa shape index (κ1) is 9.06. The number of H-pyrrole nitrogens is 1. The summed E-state index contributed by atoms with van der Waals surface area (Å²) in [6, 6.07) is 0. The first-order valence-corrected chi connectivity index (χ1v) is 4.24. The molecule has 1 heterocycles. The summed E-state index contributed by atoms with van der Waals surface area (Å²) in [6.45, 7) is 6.53. The zero-order chi connectivity index (χ0) is 8.97. The summed E-state index contributed by atoms with van der Waals surface area (Å²) in [6.07, 6.45) is 1.83. The van der Waals surface area contributed by atoms with Crippen molar-refractivity contribution >= 4 is 5.95 Å². The lowest BCUT2D eigenvalue weighted by molar-refractivity contribution is 0.790. The molecule has 0 aliphatic carbocycles. The number of imidazole rings is 1. The molecule has 0 unspecified atom stereocenters. The lowest BCUT2D eigenvalue weighted by atomic mass is 10.5. The molecule has 4 heteroatoms. The van der Waals surface area contributed by atoms with Gasteiger partial charge in [0, 0.05) is 31.5 Å². The molecule has 0 spiro atoms. The van der Waals surface area contributed by atoms with Crippen LogP contribution in [-0.4, -0.2) is 29.6 Å². The third kappa shape index (κ3) is 1.98. The van der Waals surface area contributed by atoms with Gasteiger partial charge in [-0.2, -0.15) is 0 Å². The molecule has 0 bridgehead atoms. The number of aromatic amines is 1. The van der Waals surface area contributed by atoms with Crippen LogP contribution in [0.1, 0.15) is 12.6 Å². The zero-order valence-electron chi connectivity index (χ0n) is 7.67. The van der Waals surface area contributed by atoms with Crippen molar-refractivity contribution in [1.82, 2.24) is 9.97 Å². The van der Waals surface area contributed by atoms with Crippen LogP contribution >= 0.6 is 0 Å². The Bertz CT molecular complexity index is 231. The summed E-state index contributed by atoms with van der Waals surface area (Å²) in [4.78, 5) is 9.51. The SMILES string of the molecule is CCN(CCN)c1ncc(C)[nH]1. The molecule has 0 fully saturated rings. The average molecular weight is 168 g/mol. The molecule has 1 aromatic heterocycles. The second kappa shape index (κ2) is 4.11. The van der Waals surface area contributed by atoms with Crippen LogP contribution in [-0.2, 0) is 0 Å². The number of aromatic nitrogens is 2. The number of likely N-dealkylation sites (N-methyl/N-ethyl adjacent to an activating group) is 1. The molecule has 0 amide bonds. The summed E-state index contributed by atoms with van der Waals surface area (Å²) in [5.74, 6) is 0.917. The van der Waals surface area contributed by atoms with Gasteiger partial charge >= 0.3 is 0 Å². The molecule has 1 rings (SSSR count). The molecule has 0 saturated heterocycles. The monoisotopic (exact) mass is 168 g/mol. The van der Waals surface area contributed by atoms with Crippen LogP contribution in [0.15, 0.2) is 6.20 Å². The fraction of sp³-hybridized carbons (Fsp3) is 0.625. The van der Waals surface area contributed by atoms with E-state index in [2.05, 4.69) is 21.8 Å². The highest BCUT2D eigenvalue weighted by atomic mass is 15.3. The van der Waals surface area contributed by atoms with Gasteiger partial charge in [-0.25, -0.2) is 4.98 Å². The van der Waals surface area contributed by atoms with Crippen LogP contribution in [0.2, 0.25) is 0 Å². The second-order valence-corrected chi connectivity index (χ2v) is 2.76. The van der Waals surface area contributed by atoms with Crippen molar-refractivity contribution in [1.29, 1.82) is 0 Å². The van der Waals surface area contributed by atoms with Crippen molar-refractivity contribution in [2.75, 3.05) is 24.5 Å². The van der Waals surface area contributed by atoms with Crippen LogP contribution in [0.3, 0.4) is 0 Å². The largest absolute Gasteiger partial charge is 0.341 e. The Balaban J connectivity index is 2.66. The molecule has 1 aromatic rings. The summed E-state index contributed by atoms with van der Waals surface area (Å²) in [7, 11) is 0. The van der Waals surface area contributed by atoms with Gasteiger partial charge < -0.3 is 15.6 Å². The Morgan fingerprint density at radius 1 is 1.67 bits per heavy atom. The molecule has 0 aliphatic rings. The van der Waals surface area contributed by atoms with E-state index in [1.807, 2.05) is 13.1 Å². The van der Waals surface area contributed by atoms with Gasteiger partial charge in [0.25, 0.3) is 0 Å². The topological polar surface area (TPSA) is 57.9 Å². The van der Waals surface area contributed by atoms with E-state index in [9.17, 15) is 0 Å². The molecule has 12 heavy (non-hydrogen) atoms. The molecule has 68 valence electrons. The van der Waals surface area contributed by atoms with Crippen molar-refractivity contribution in [2.45, 2.75) is 13.8 Å². The van der Waals surface area contributed by atoms with Crippen LogP contribution in [0.25, 0.3) is 0 Å². The Morgan fingerprint density at radius 3 is 2.83 bits per heavy atom. The molecule has 0 aromatic carbocycles. The average Bonchev–Trinajstić information content (AvgIpc) is 2.47. The van der Waals surface area contributed by atoms with E-state index in [4.69, 9.17) is 5.73 Å². The van der Waals surface area contributed by atoms with Gasteiger partial charge in [-0.3, -0.25) is 0 Å². The quantitative estimate of drug-likeness (QED) is 0.688. The number of rotatable bonds is 4. The van der Waals surface area contributed by atoms with E-state index in [-0.39, 0.29) is 0 Å². The summed E-state index contributed by atoms with van der Waals surface area (Å²) in [5.41, 5.74) is 6.55. The van der Waals surface area contributed by atoms with Crippen LogP contribution in [0, 0.1) is 6.92 Å². The van der Waals surface area contributed by atoms with E-state index in [0.29, 0.717) is 6.54 Å². The molecule has 3 N–H and O–H groups in total. The van der Waals surface area contributed by atoms with E-state index < -0.39 is 0 Å². The predicted octanol–water partition coefficient (Wildman–Crippen LogP) is 0.503. The molecular formula is C8H16N4. The van der Waals surface area contributed by atoms with Gasteiger partial charge in [0.2, 0.25) is 5.95 Å². The van der Waals surface area contributed by atoms with Gasteiger partial charge in [0.05, 0.1) is 0 Å². The minimum absolute atomic E-state index is 0.660. The maximum Gasteiger partial charge on any atom is 0.202 e. The van der Waals surface area contributed by atoms with Crippen molar-refractivity contribution < 1.29 is 0 Å². The molecule has 0 radical (unpaired) electrons. The highest BCUT2D eigenvalue weighted by molar-refractivity contribution is 5.30. The van der Waals surface area contributed by atoms with Crippen LogP contribution in [0.4, 0.5) is 5.95 Å². The van der Waals surface area contributed by atoms with Crippen LogP contribution in [0.5, 0.6) is 0 Å². The first-order chi connectivity index (χ1) is 5.77. The van der Waals surface area contributed by atoms with Gasteiger partial charge in [-0.05, 0) is 13.8 Å². The standard InChI is InChI=1S/C8H16N4/c1-3-12(5-4-9)8-10-6-7(2)11-8/h6H,3-5,9H2,1-2H3,(H,10,11). The zero-order valence-corrected chi connectivity index (χ0v) is 7.67. The Hall–Kier alpha value is -1.03. The normalized spacial score (nSPS) is 10.2. The number of nitrogens with one attached hydrogen (secondary N) is 1. The van der Waals surface area contributed by atoms with Crippen molar-refractivity contribution in [3.8, 4) is 0 Å². The number of hydrogen-bond donors (Lipinski definition) is 2. The Morgan fingerprint density at radius 2 is 2.42 bits per heavy atom. The Labute approximate surface area is 72.8 Å². The van der Waals surface area contributed by atoms with Crippen molar-refractivity contribution in [3.63, 3.8) is 0 Å². The third-order valence-electron chi connectivity index (χ3n) is 1.77. The summed E-state index contributed by atoms with van der Waals surface area (Å²) >= 11 is 0. The fourth-order valence-electron chi connectivity index (χ4n) is 1.13. The molecule has 0 saturated carbocycles. The fourth-order valence-corrected chi connectivity index (χ4v) is 1.13. The van der Waals surface area contributed by atoms with Gasteiger partial charge in [0.15, 0.2) is 0 Å². The predicted molar refractivity (Wildman–Crippen MR) is 50.3 cm³/mol. The van der Waals surface area contributed by atoms with E-state index in [0.717, 1.165) is 24.7 Å². The smallest absolute Gasteiger partial charge is 0.202 e. The third-order valence-corrected chi connectivity index (χ3v) is 1.77. The minimum Gasteiger partial charge on any atom is -0.341 e. The number of nitrogens with zero attached hydrogens (tertiary/aromatic N) is 2. The minimum atomic E-state index is 0.660. The van der Waals surface area contributed by atoms with Crippen LogP contribution < -0.4 is 10.6 Å². The molecule has 0 atom stereocenters. The van der Waals surface area contributed by atoms with E-state index in [1.165, 1.54) is 0 Å². The number of anilines is 1. The van der Waals surface area contributed by atoms with Gasteiger partial charge in [0.1, 0.15) is 0 Å². The maximum atomic E-state index is 5.47. The van der Waals surface area contributed by atoms with E-state index in [1.54, 1.807) is 0 Å². The van der Waals surface area contributed by atoms with E-state index >= 15 is 0 Å². The van der Waals surface area contributed by atoms with Crippen molar-refractivity contribution in [3.05, 3.63) is 11.9 Å². The van der Waals surface area contributed by atoms with Gasteiger partial charge in [-0.15, -0.1) is 0 Å². The summed E-state index contributed by atoms with van der Waals surface area (Å²) < 4.78 is 0. The lowest BCUT2D eigenvalue weighted by Gasteiger charge is -2.18. The number of nitrogens with two attached hydrogens (primary N) is 1.